The minimum Gasteiger partial charge on any atom is -0.390 e. The quantitative estimate of drug-likeness (QED) is 0.371. The van der Waals surface area contributed by atoms with Crippen molar-refractivity contribution in [3.05, 3.63) is 34.6 Å². The molecule has 4 aliphatic rings. The van der Waals surface area contributed by atoms with Crippen LogP contribution >= 0.6 is 11.6 Å². The van der Waals surface area contributed by atoms with Crippen LogP contribution in [-0.4, -0.2) is 93.4 Å². The Labute approximate surface area is 247 Å². The van der Waals surface area contributed by atoms with Gasteiger partial charge in [0.2, 0.25) is 5.95 Å². The standard InChI is InChI=1S/C27H29ClN10O3S/c28-24-19(33-27-34-25(32-17-1-2-17)26-31-11-18(10-30)38(26)35-27)7-15(9-29)8-21(24)36-5-4-20-16(12-36)3-6-37(20)22-13-42(40,41)14-23(22)39/h7-8,11,16-17,20,22-23,39H,1-6,12-14H2,(H2,32,33,34,35)/t16-,20+,22+,23+/m1/s1. The second kappa shape index (κ2) is 10.2. The third-order valence-electron chi connectivity index (χ3n) is 8.76. The summed E-state index contributed by atoms with van der Waals surface area (Å²) >= 11 is 6.97. The Morgan fingerprint density at radius 3 is 2.62 bits per heavy atom. The molecule has 2 aromatic heterocycles. The van der Waals surface area contributed by atoms with Crippen molar-refractivity contribution >= 4 is 50.2 Å². The summed E-state index contributed by atoms with van der Waals surface area (Å²) in [5.74, 6) is 0.834. The number of benzene rings is 1. The number of imidazole rings is 1. The van der Waals surface area contributed by atoms with E-state index in [-0.39, 0.29) is 41.1 Å². The van der Waals surface area contributed by atoms with Crippen molar-refractivity contribution in [1.29, 1.82) is 10.5 Å². The Balaban J connectivity index is 1.15. The highest BCUT2D eigenvalue weighted by Gasteiger charge is 2.47. The van der Waals surface area contributed by atoms with Crippen molar-refractivity contribution < 1.29 is 13.5 Å². The van der Waals surface area contributed by atoms with Crippen LogP contribution in [0.1, 0.15) is 36.9 Å². The molecule has 1 aromatic carbocycles. The first-order chi connectivity index (χ1) is 20.2. The summed E-state index contributed by atoms with van der Waals surface area (Å²) in [6.45, 7) is 2.11. The summed E-state index contributed by atoms with van der Waals surface area (Å²) in [6.07, 6.45) is 4.34. The van der Waals surface area contributed by atoms with Gasteiger partial charge in [0, 0.05) is 25.2 Å². The Kier molecular flexibility index (Phi) is 6.62. The number of nitrogens with one attached hydrogen (secondary N) is 2. The van der Waals surface area contributed by atoms with E-state index in [1.807, 2.05) is 0 Å². The number of aliphatic hydroxyl groups is 1. The maximum Gasteiger partial charge on any atom is 0.247 e. The molecule has 218 valence electrons. The minimum absolute atomic E-state index is 0.00680. The van der Waals surface area contributed by atoms with Crippen molar-refractivity contribution in [1.82, 2.24) is 24.5 Å². The minimum atomic E-state index is -3.23. The number of hydrogen-bond acceptors (Lipinski definition) is 12. The highest BCUT2D eigenvalue weighted by atomic mass is 35.5. The number of fused-ring (bicyclic) bond motifs is 2. The van der Waals surface area contributed by atoms with E-state index in [1.54, 1.807) is 12.1 Å². The normalized spacial score (nSPS) is 27.0. The predicted molar refractivity (Wildman–Crippen MR) is 155 cm³/mol. The third-order valence-corrected chi connectivity index (χ3v) is 10.9. The molecular formula is C27H29ClN10O3S. The number of halogens is 1. The highest BCUT2D eigenvalue weighted by molar-refractivity contribution is 7.91. The van der Waals surface area contributed by atoms with Crippen molar-refractivity contribution in [3.8, 4) is 12.1 Å². The molecule has 13 nitrogen and oxygen atoms in total. The van der Waals surface area contributed by atoms with E-state index in [2.05, 4.69) is 47.6 Å². The molecule has 3 saturated heterocycles. The number of likely N-dealkylation sites (tertiary alicyclic amines) is 1. The Morgan fingerprint density at radius 2 is 1.90 bits per heavy atom. The molecule has 1 saturated carbocycles. The first-order valence-electron chi connectivity index (χ1n) is 14.1. The molecular weight excluding hydrogens is 580 g/mol. The molecule has 3 aliphatic heterocycles. The molecule has 5 heterocycles. The average molecular weight is 609 g/mol. The predicted octanol–water partition coefficient (Wildman–Crippen LogP) is 1.90. The molecule has 0 unspecified atom stereocenters. The van der Waals surface area contributed by atoms with Crippen LogP contribution in [-0.2, 0) is 9.84 Å². The Hall–Kier alpha value is -3.69. The van der Waals surface area contributed by atoms with Gasteiger partial charge in [-0.2, -0.15) is 20.0 Å². The molecule has 4 atom stereocenters. The lowest BCUT2D eigenvalue weighted by Crippen LogP contribution is -2.51. The zero-order valence-electron chi connectivity index (χ0n) is 22.6. The second-order valence-electron chi connectivity index (χ2n) is 11.6. The van der Waals surface area contributed by atoms with Crippen molar-refractivity contribution in [3.63, 3.8) is 0 Å². The number of nitriles is 2. The van der Waals surface area contributed by atoms with Gasteiger partial charge in [-0.3, -0.25) is 4.90 Å². The maximum atomic E-state index is 12.1. The smallest absolute Gasteiger partial charge is 0.247 e. The number of hydrogen-bond donors (Lipinski definition) is 3. The molecule has 0 bridgehead atoms. The van der Waals surface area contributed by atoms with Gasteiger partial charge in [0.25, 0.3) is 0 Å². The number of rotatable bonds is 6. The summed E-state index contributed by atoms with van der Waals surface area (Å²) in [4.78, 5) is 13.3. The second-order valence-corrected chi connectivity index (χ2v) is 14.1. The van der Waals surface area contributed by atoms with Gasteiger partial charge < -0.3 is 20.6 Å². The van der Waals surface area contributed by atoms with E-state index in [0.717, 1.165) is 37.9 Å². The zero-order chi connectivity index (χ0) is 29.2. The first-order valence-corrected chi connectivity index (χ1v) is 16.2. The Morgan fingerprint density at radius 1 is 1.07 bits per heavy atom. The van der Waals surface area contributed by atoms with Crippen LogP contribution in [0.4, 0.5) is 23.1 Å². The van der Waals surface area contributed by atoms with Crippen LogP contribution in [0.15, 0.2) is 18.3 Å². The van der Waals surface area contributed by atoms with Gasteiger partial charge in [-0.25, -0.2) is 13.4 Å². The summed E-state index contributed by atoms with van der Waals surface area (Å²) in [7, 11) is -3.23. The fourth-order valence-corrected chi connectivity index (χ4v) is 8.71. The van der Waals surface area contributed by atoms with Gasteiger partial charge in [0.1, 0.15) is 6.07 Å². The fourth-order valence-electron chi connectivity index (χ4n) is 6.62. The largest absolute Gasteiger partial charge is 0.390 e. The molecule has 15 heteroatoms. The summed E-state index contributed by atoms with van der Waals surface area (Å²) in [5, 5.41) is 41.3. The van der Waals surface area contributed by atoms with Gasteiger partial charge in [-0.05, 0) is 50.3 Å². The molecule has 4 fully saturated rings. The van der Waals surface area contributed by atoms with Crippen molar-refractivity contribution in [2.75, 3.05) is 46.7 Å². The average Bonchev–Trinajstić information content (AvgIpc) is 3.41. The number of nitrogens with zero attached hydrogens (tertiary/aromatic N) is 8. The van der Waals surface area contributed by atoms with Crippen LogP contribution in [0.5, 0.6) is 0 Å². The van der Waals surface area contributed by atoms with E-state index in [4.69, 9.17) is 11.6 Å². The van der Waals surface area contributed by atoms with Crippen LogP contribution in [0.25, 0.3) is 5.65 Å². The van der Waals surface area contributed by atoms with Crippen molar-refractivity contribution in [2.45, 2.75) is 49.9 Å². The van der Waals surface area contributed by atoms with Gasteiger partial charge in [0.05, 0.1) is 57.9 Å². The number of aromatic nitrogens is 4. The van der Waals surface area contributed by atoms with Crippen LogP contribution in [0.3, 0.4) is 0 Å². The van der Waals surface area contributed by atoms with E-state index < -0.39 is 15.9 Å². The molecule has 3 aromatic rings. The molecule has 1 aliphatic carbocycles. The van der Waals surface area contributed by atoms with E-state index in [0.29, 0.717) is 46.9 Å². The van der Waals surface area contributed by atoms with E-state index in [1.165, 1.54) is 10.7 Å². The maximum absolute atomic E-state index is 12.1. The number of piperidine rings is 1. The van der Waals surface area contributed by atoms with Gasteiger partial charge >= 0.3 is 0 Å². The number of sulfone groups is 1. The highest BCUT2D eigenvalue weighted by Crippen LogP contribution is 2.41. The molecule has 0 radical (unpaired) electrons. The zero-order valence-corrected chi connectivity index (χ0v) is 24.2. The lowest BCUT2D eigenvalue weighted by molar-refractivity contribution is 0.0631. The van der Waals surface area contributed by atoms with Crippen molar-refractivity contribution in [2.24, 2.45) is 5.92 Å². The van der Waals surface area contributed by atoms with Crippen LogP contribution in [0.2, 0.25) is 5.02 Å². The summed E-state index contributed by atoms with van der Waals surface area (Å²) in [5.41, 5.74) is 2.33. The van der Waals surface area contributed by atoms with E-state index >= 15 is 0 Å². The van der Waals surface area contributed by atoms with Gasteiger partial charge in [0.15, 0.2) is 27.0 Å². The number of aliphatic hydroxyl groups excluding tert-OH is 1. The lowest BCUT2D eigenvalue weighted by Gasteiger charge is -2.41. The van der Waals surface area contributed by atoms with Gasteiger partial charge in [-0.1, -0.05) is 11.6 Å². The van der Waals surface area contributed by atoms with Gasteiger partial charge in [-0.15, -0.1) is 5.10 Å². The Bertz CT molecular complexity index is 1760. The lowest BCUT2D eigenvalue weighted by atomic mass is 9.91. The van der Waals surface area contributed by atoms with Crippen LogP contribution in [0, 0.1) is 28.6 Å². The summed E-state index contributed by atoms with van der Waals surface area (Å²) < 4.78 is 25.7. The fraction of sp³-hybridized carbons (Fsp3) is 0.519. The van der Waals surface area contributed by atoms with Crippen LogP contribution < -0.4 is 15.5 Å². The topological polar surface area (TPSA) is 176 Å². The van der Waals surface area contributed by atoms with E-state index in [9.17, 15) is 24.0 Å². The monoisotopic (exact) mass is 608 g/mol. The molecule has 0 spiro atoms. The first kappa shape index (κ1) is 27.2. The molecule has 42 heavy (non-hydrogen) atoms. The molecule has 3 N–H and O–H groups in total. The SMILES string of the molecule is N#Cc1cc(Nc2nc(NC3CC3)c3ncc(C#N)n3n2)c(Cl)c(N2CC[C@H]3[C@H](CCN3[C@H]3CS(=O)(=O)C[C@@H]3O)C2)c1. The summed E-state index contributed by atoms with van der Waals surface area (Å²) in [6, 6.07) is 7.88. The number of anilines is 4. The molecule has 7 rings (SSSR count). The molecule has 0 amide bonds. The third kappa shape index (κ3) is 4.88.